The van der Waals surface area contributed by atoms with Gasteiger partial charge in [0.1, 0.15) is 5.75 Å². The van der Waals surface area contributed by atoms with Gasteiger partial charge in [0.15, 0.2) is 6.10 Å². The quantitative estimate of drug-likeness (QED) is 0.780. The molecule has 1 aromatic rings. The van der Waals surface area contributed by atoms with Gasteiger partial charge in [-0.2, -0.15) is 8.42 Å². The van der Waals surface area contributed by atoms with E-state index in [1.165, 1.54) is 17.0 Å². The maximum atomic E-state index is 12.1. The van der Waals surface area contributed by atoms with Crippen molar-refractivity contribution >= 4 is 21.7 Å². The van der Waals surface area contributed by atoms with E-state index in [0.717, 1.165) is 18.4 Å². The topological polar surface area (TPSA) is 72.9 Å². The van der Waals surface area contributed by atoms with Gasteiger partial charge >= 0.3 is 6.36 Å². The van der Waals surface area contributed by atoms with Gasteiger partial charge in [-0.1, -0.05) is 0 Å². The number of ether oxygens (including phenoxy) is 1. The minimum absolute atomic E-state index is 0.173. The van der Waals surface area contributed by atoms with Crippen molar-refractivity contribution in [1.82, 2.24) is 0 Å². The van der Waals surface area contributed by atoms with Crippen LogP contribution >= 0.6 is 0 Å². The third-order valence-electron chi connectivity index (χ3n) is 2.83. The number of anilines is 1. The second-order valence-corrected chi connectivity index (χ2v) is 6.21. The van der Waals surface area contributed by atoms with Crippen molar-refractivity contribution in [2.45, 2.75) is 18.9 Å². The van der Waals surface area contributed by atoms with Crippen LogP contribution in [-0.2, 0) is 19.1 Å². The van der Waals surface area contributed by atoms with Gasteiger partial charge in [-0.05, 0) is 24.3 Å². The molecule has 22 heavy (non-hydrogen) atoms. The molecule has 10 heteroatoms. The van der Waals surface area contributed by atoms with E-state index in [0.29, 0.717) is 5.69 Å². The molecule has 0 aromatic heterocycles. The summed E-state index contributed by atoms with van der Waals surface area (Å²) in [7, 11) is -3.77. The van der Waals surface area contributed by atoms with Crippen LogP contribution in [0.2, 0.25) is 0 Å². The lowest BCUT2D eigenvalue weighted by Crippen LogP contribution is -2.31. The first kappa shape index (κ1) is 16.6. The highest BCUT2D eigenvalue weighted by atomic mass is 32.2. The minimum Gasteiger partial charge on any atom is -0.406 e. The fraction of sp³-hybridized carbons (Fsp3) is 0.417. The average Bonchev–Trinajstić information content (AvgIpc) is 2.68. The zero-order chi connectivity index (χ0) is 16.5. The monoisotopic (exact) mass is 339 g/mol. The molecule has 2 rings (SSSR count). The number of hydrogen-bond acceptors (Lipinski definition) is 5. The van der Waals surface area contributed by atoms with Crippen LogP contribution in [0, 0.1) is 0 Å². The highest BCUT2D eigenvalue weighted by molar-refractivity contribution is 7.86. The Bertz CT molecular complexity index is 656. The Hall–Kier alpha value is -1.81. The van der Waals surface area contributed by atoms with Crippen LogP contribution in [0.4, 0.5) is 18.9 Å². The number of carbonyl (C=O) groups is 1. The third kappa shape index (κ3) is 4.34. The summed E-state index contributed by atoms with van der Waals surface area (Å²) in [5.74, 6) is -0.971. The van der Waals surface area contributed by atoms with Crippen LogP contribution in [0.3, 0.4) is 0 Å². The van der Waals surface area contributed by atoms with Gasteiger partial charge in [0.05, 0.1) is 6.26 Å². The largest absolute Gasteiger partial charge is 0.573 e. The molecule has 1 atom stereocenters. The molecule has 0 saturated carbocycles. The molecule has 0 aliphatic carbocycles. The van der Waals surface area contributed by atoms with Crippen molar-refractivity contribution in [3.8, 4) is 5.75 Å². The smallest absolute Gasteiger partial charge is 0.406 e. The second kappa shape index (κ2) is 5.76. The predicted molar refractivity (Wildman–Crippen MR) is 69.8 cm³/mol. The molecule has 0 bridgehead atoms. The number of nitrogens with zero attached hydrogens (tertiary/aromatic N) is 1. The van der Waals surface area contributed by atoms with E-state index in [1.807, 2.05) is 0 Å². The number of amides is 1. The van der Waals surface area contributed by atoms with Gasteiger partial charge in [-0.25, -0.2) is 0 Å². The lowest BCUT2D eigenvalue weighted by molar-refractivity contribution is -0.274. The van der Waals surface area contributed by atoms with E-state index in [2.05, 4.69) is 8.92 Å². The first-order valence-electron chi connectivity index (χ1n) is 6.11. The Morgan fingerprint density at radius 1 is 1.23 bits per heavy atom. The molecule has 122 valence electrons. The van der Waals surface area contributed by atoms with Crippen LogP contribution in [0.15, 0.2) is 24.3 Å². The second-order valence-electron chi connectivity index (χ2n) is 4.61. The summed E-state index contributed by atoms with van der Waals surface area (Å²) in [4.78, 5) is 13.3. The number of carbonyl (C=O) groups excluding carboxylic acids is 1. The summed E-state index contributed by atoms with van der Waals surface area (Å²) in [6, 6.07) is 4.70. The van der Waals surface area contributed by atoms with Gasteiger partial charge in [0.25, 0.3) is 16.0 Å². The van der Waals surface area contributed by atoms with E-state index < -0.39 is 34.2 Å². The zero-order valence-electron chi connectivity index (χ0n) is 11.3. The van der Waals surface area contributed by atoms with Crippen molar-refractivity contribution in [1.29, 1.82) is 0 Å². The number of rotatable bonds is 4. The molecule has 1 unspecified atom stereocenters. The molecule has 1 amide bonds. The molecular weight excluding hydrogens is 327 g/mol. The van der Waals surface area contributed by atoms with Crippen LogP contribution in [-0.4, -0.2) is 39.6 Å². The van der Waals surface area contributed by atoms with Crippen molar-refractivity contribution in [2.24, 2.45) is 0 Å². The normalized spacial score (nSPS) is 19.5. The summed E-state index contributed by atoms with van der Waals surface area (Å²) >= 11 is 0. The van der Waals surface area contributed by atoms with Gasteiger partial charge in [0.2, 0.25) is 0 Å². The Kier molecular flexibility index (Phi) is 4.34. The van der Waals surface area contributed by atoms with Crippen LogP contribution in [0.5, 0.6) is 5.75 Å². The molecule has 1 heterocycles. The van der Waals surface area contributed by atoms with Crippen molar-refractivity contribution in [3.05, 3.63) is 24.3 Å². The fourth-order valence-electron chi connectivity index (χ4n) is 2.04. The van der Waals surface area contributed by atoms with E-state index in [4.69, 9.17) is 0 Å². The Labute approximate surface area is 124 Å². The molecule has 1 aliphatic heterocycles. The maximum Gasteiger partial charge on any atom is 0.573 e. The standard InChI is InChI=1S/C12H12F3NO5S/c1-22(18,19)21-10-6-7-16(11(10)17)8-2-4-9(5-3-8)20-12(13,14)15/h2-5,10H,6-7H2,1H3. The Balaban J connectivity index is 2.08. The zero-order valence-corrected chi connectivity index (χ0v) is 12.1. The molecule has 1 aromatic carbocycles. The Morgan fingerprint density at radius 3 is 2.32 bits per heavy atom. The molecule has 1 aliphatic rings. The first-order chi connectivity index (χ1) is 10.1. The molecule has 0 spiro atoms. The molecule has 0 radical (unpaired) electrons. The van der Waals surface area contributed by atoms with E-state index >= 15 is 0 Å². The summed E-state index contributed by atoms with van der Waals surface area (Å²) in [6.45, 7) is 0.207. The number of halogens is 3. The van der Waals surface area contributed by atoms with Crippen molar-refractivity contribution in [3.63, 3.8) is 0 Å². The molecule has 1 fully saturated rings. The van der Waals surface area contributed by atoms with Crippen molar-refractivity contribution < 1.29 is 35.3 Å². The summed E-state index contributed by atoms with van der Waals surface area (Å²) in [5, 5.41) is 0. The first-order valence-corrected chi connectivity index (χ1v) is 7.92. The minimum atomic E-state index is -4.79. The molecule has 1 saturated heterocycles. The third-order valence-corrected chi connectivity index (χ3v) is 3.41. The average molecular weight is 339 g/mol. The van der Waals surface area contributed by atoms with E-state index in [1.54, 1.807) is 0 Å². The summed E-state index contributed by atoms with van der Waals surface area (Å²) < 4.78 is 66.6. The van der Waals surface area contributed by atoms with Gasteiger partial charge in [-0.3, -0.25) is 8.98 Å². The number of hydrogen-bond donors (Lipinski definition) is 0. The predicted octanol–water partition coefficient (Wildman–Crippen LogP) is 1.67. The lowest BCUT2D eigenvalue weighted by Gasteiger charge is -2.17. The SMILES string of the molecule is CS(=O)(=O)OC1CCN(c2ccc(OC(F)(F)F)cc2)C1=O. The van der Waals surface area contributed by atoms with Crippen LogP contribution < -0.4 is 9.64 Å². The van der Waals surface area contributed by atoms with Gasteiger partial charge < -0.3 is 9.64 Å². The summed E-state index contributed by atoms with van der Waals surface area (Å²) in [6.07, 6.45) is -4.89. The Morgan fingerprint density at radius 2 is 1.82 bits per heavy atom. The number of benzene rings is 1. The molecule has 6 nitrogen and oxygen atoms in total. The van der Waals surface area contributed by atoms with Crippen LogP contribution in [0.25, 0.3) is 0 Å². The molecule has 0 N–H and O–H groups in total. The fourth-order valence-corrected chi connectivity index (χ4v) is 2.64. The van der Waals surface area contributed by atoms with Gasteiger partial charge in [0, 0.05) is 18.7 Å². The van der Waals surface area contributed by atoms with E-state index in [9.17, 15) is 26.4 Å². The van der Waals surface area contributed by atoms with Gasteiger partial charge in [-0.15, -0.1) is 13.2 Å². The lowest BCUT2D eigenvalue weighted by atomic mass is 10.3. The highest BCUT2D eigenvalue weighted by Gasteiger charge is 2.36. The van der Waals surface area contributed by atoms with E-state index in [-0.39, 0.29) is 13.0 Å². The summed E-state index contributed by atoms with van der Waals surface area (Å²) in [5.41, 5.74) is 0.333. The van der Waals surface area contributed by atoms with Crippen molar-refractivity contribution in [2.75, 3.05) is 17.7 Å². The maximum absolute atomic E-state index is 12.1. The van der Waals surface area contributed by atoms with Crippen LogP contribution in [0.1, 0.15) is 6.42 Å². The highest BCUT2D eigenvalue weighted by Crippen LogP contribution is 2.28. The number of alkyl halides is 3. The molecular formula is C12H12F3NO5S.